The molecular formula is C15H24. The van der Waals surface area contributed by atoms with Crippen molar-refractivity contribution in [2.75, 3.05) is 0 Å². The third-order valence-corrected chi connectivity index (χ3v) is 4.73. The molecule has 0 spiro atoms. The molecule has 84 valence electrons. The quantitative estimate of drug-likeness (QED) is 0.560. The molecule has 0 atom stereocenters. The second kappa shape index (κ2) is 5.06. The summed E-state index contributed by atoms with van der Waals surface area (Å²) < 4.78 is 0. The first-order valence-electron chi connectivity index (χ1n) is 6.75. The summed E-state index contributed by atoms with van der Waals surface area (Å²) in [6.07, 6.45) is 16.8. The Morgan fingerprint density at radius 3 is 1.73 bits per heavy atom. The minimum absolute atomic E-state index is 0.601. The Hall–Kier alpha value is -0.440. The van der Waals surface area contributed by atoms with Crippen molar-refractivity contribution in [1.29, 1.82) is 0 Å². The van der Waals surface area contributed by atoms with E-state index >= 15 is 0 Å². The van der Waals surface area contributed by atoms with E-state index < -0.39 is 0 Å². The molecule has 0 aromatic heterocycles. The predicted octanol–water partition coefficient (Wildman–Crippen LogP) is 4.25. The van der Waals surface area contributed by atoms with Gasteiger partial charge in [-0.2, -0.15) is 0 Å². The first kappa shape index (κ1) is 11.1. The molecule has 2 aliphatic carbocycles. The Labute approximate surface area is 94.8 Å². The molecule has 0 amide bonds. The number of hydrogen-bond donors (Lipinski definition) is 0. The van der Waals surface area contributed by atoms with Crippen molar-refractivity contribution in [3.05, 3.63) is 0 Å². The molecule has 0 aromatic rings. The van der Waals surface area contributed by atoms with Crippen LogP contribution in [-0.2, 0) is 0 Å². The molecular weight excluding hydrogens is 180 g/mol. The lowest BCUT2D eigenvalue weighted by Gasteiger charge is -2.36. The maximum Gasteiger partial charge on any atom is 0.0200 e. The van der Waals surface area contributed by atoms with Crippen molar-refractivity contribution >= 4 is 0 Å². The van der Waals surface area contributed by atoms with Gasteiger partial charge in [-0.1, -0.05) is 19.8 Å². The van der Waals surface area contributed by atoms with Crippen LogP contribution < -0.4 is 0 Å². The van der Waals surface area contributed by atoms with Gasteiger partial charge in [-0.15, -0.1) is 12.3 Å². The van der Waals surface area contributed by atoms with Crippen LogP contribution >= 0.6 is 0 Å². The normalized spacial score (nSPS) is 42.1. The smallest absolute Gasteiger partial charge is 0.0200 e. The van der Waals surface area contributed by atoms with Gasteiger partial charge in [-0.25, -0.2) is 0 Å². The van der Waals surface area contributed by atoms with Gasteiger partial charge in [0.1, 0.15) is 0 Å². The van der Waals surface area contributed by atoms with Crippen LogP contribution in [0.1, 0.15) is 58.3 Å². The SMILES string of the molecule is C#CC1CCC(C2CCC(C)CC2)CC1. The average Bonchev–Trinajstić information content (AvgIpc) is 2.30. The molecule has 2 saturated carbocycles. The Kier molecular flexibility index (Phi) is 3.73. The van der Waals surface area contributed by atoms with Crippen molar-refractivity contribution in [3.8, 4) is 12.3 Å². The van der Waals surface area contributed by atoms with Crippen molar-refractivity contribution in [2.24, 2.45) is 23.7 Å². The van der Waals surface area contributed by atoms with E-state index in [1.54, 1.807) is 0 Å². The van der Waals surface area contributed by atoms with Crippen molar-refractivity contribution in [1.82, 2.24) is 0 Å². The lowest BCUT2D eigenvalue weighted by Crippen LogP contribution is -2.24. The maximum absolute atomic E-state index is 5.50. The van der Waals surface area contributed by atoms with E-state index in [-0.39, 0.29) is 0 Å². The molecule has 0 radical (unpaired) electrons. The first-order valence-corrected chi connectivity index (χ1v) is 6.75. The minimum Gasteiger partial charge on any atom is -0.120 e. The minimum atomic E-state index is 0.601. The first-order chi connectivity index (χ1) is 7.29. The summed E-state index contributed by atoms with van der Waals surface area (Å²) in [4.78, 5) is 0. The van der Waals surface area contributed by atoms with E-state index in [1.807, 2.05) is 0 Å². The molecule has 2 aliphatic rings. The van der Waals surface area contributed by atoms with Gasteiger partial charge in [0.15, 0.2) is 0 Å². The van der Waals surface area contributed by atoms with Crippen molar-refractivity contribution < 1.29 is 0 Å². The van der Waals surface area contributed by atoms with E-state index in [0.29, 0.717) is 5.92 Å². The van der Waals surface area contributed by atoms with Gasteiger partial charge in [0.05, 0.1) is 0 Å². The standard InChI is InChI=1S/C15H24/c1-3-13-6-10-15(11-7-13)14-8-4-12(2)5-9-14/h1,12-15H,4-11H2,2H3. The van der Waals surface area contributed by atoms with Crippen LogP contribution in [0.4, 0.5) is 0 Å². The van der Waals surface area contributed by atoms with E-state index in [9.17, 15) is 0 Å². The van der Waals surface area contributed by atoms with Gasteiger partial charge in [0.25, 0.3) is 0 Å². The topological polar surface area (TPSA) is 0 Å². The van der Waals surface area contributed by atoms with Crippen molar-refractivity contribution in [3.63, 3.8) is 0 Å². The highest BCUT2D eigenvalue weighted by atomic mass is 14.3. The van der Waals surface area contributed by atoms with E-state index in [4.69, 9.17) is 6.42 Å². The zero-order valence-electron chi connectivity index (χ0n) is 10.0. The molecule has 15 heavy (non-hydrogen) atoms. The summed E-state index contributed by atoms with van der Waals surface area (Å²) in [5.74, 6) is 6.58. The lowest BCUT2D eigenvalue weighted by molar-refractivity contribution is 0.162. The van der Waals surface area contributed by atoms with Gasteiger partial charge < -0.3 is 0 Å². The van der Waals surface area contributed by atoms with Crippen LogP contribution in [0, 0.1) is 36.0 Å². The third-order valence-electron chi connectivity index (χ3n) is 4.73. The average molecular weight is 204 g/mol. The van der Waals surface area contributed by atoms with Crippen LogP contribution in [-0.4, -0.2) is 0 Å². The largest absolute Gasteiger partial charge is 0.120 e. The summed E-state index contributed by atoms with van der Waals surface area (Å²) in [7, 11) is 0. The monoisotopic (exact) mass is 204 g/mol. The molecule has 0 N–H and O–H groups in total. The van der Waals surface area contributed by atoms with Crippen LogP contribution in [0.15, 0.2) is 0 Å². The van der Waals surface area contributed by atoms with E-state index in [2.05, 4.69) is 12.8 Å². The van der Waals surface area contributed by atoms with Gasteiger partial charge in [0.2, 0.25) is 0 Å². The molecule has 0 unspecified atom stereocenters. The molecule has 0 heteroatoms. The third kappa shape index (κ3) is 2.77. The molecule has 0 heterocycles. The Bertz CT molecular complexity index is 219. The highest BCUT2D eigenvalue weighted by molar-refractivity contribution is 4.96. The zero-order chi connectivity index (χ0) is 10.7. The Balaban J connectivity index is 1.78. The fraction of sp³-hybridized carbons (Fsp3) is 0.867. The summed E-state index contributed by atoms with van der Waals surface area (Å²) in [6.45, 7) is 2.41. The fourth-order valence-corrected chi connectivity index (χ4v) is 3.51. The van der Waals surface area contributed by atoms with E-state index in [1.165, 1.54) is 51.4 Å². The number of terminal acetylenes is 1. The Morgan fingerprint density at radius 2 is 1.27 bits per heavy atom. The zero-order valence-corrected chi connectivity index (χ0v) is 10.0. The van der Waals surface area contributed by atoms with Gasteiger partial charge in [-0.05, 0) is 56.3 Å². The Morgan fingerprint density at radius 1 is 0.800 bits per heavy atom. The van der Waals surface area contributed by atoms with Crippen LogP contribution in [0.3, 0.4) is 0 Å². The molecule has 2 fully saturated rings. The number of rotatable bonds is 1. The van der Waals surface area contributed by atoms with E-state index in [0.717, 1.165) is 17.8 Å². The lowest BCUT2D eigenvalue weighted by atomic mass is 9.69. The maximum atomic E-state index is 5.50. The molecule has 2 rings (SSSR count). The highest BCUT2D eigenvalue weighted by Gasteiger charge is 2.29. The van der Waals surface area contributed by atoms with Gasteiger partial charge in [-0.3, -0.25) is 0 Å². The molecule has 0 aromatic carbocycles. The molecule has 0 bridgehead atoms. The summed E-state index contributed by atoms with van der Waals surface area (Å²) >= 11 is 0. The molecule has 0 saturated heterocycles. The predicted molar refractivity (Wildman–Crippen MR) is 65.4 cm³/mol. The van der Waals surface area contributed by atoms with Crippen molar-refractivity contribution in [2.45, 2.75) is 58.3 Å². The van der Waals surface area contributed by atoms with Crippen LogP contribution in [0.25, 0.3) is 0 Å². The summed E-state index contributed by atoms with van der Waals surface area (Å²) in [6, 6.07) is 0. The number of hydrogen-bond acceptors (Lipinski definition) is 0. The second-order valence-corrected chi connectivity index (χ2v) is 5.80. The van der Waals surface area contributed by atoms with Crippen LogP contribution in [0.5, 0.6) is 0 Å². The van der Waals surface area contributed by atoms with Gasteiger partial charge >= 0.3 is 0 Å². The highest BCUT2D eigenvalue weighted by Crippen LogP contribution is 2.40. The van der Waals surface area contributed by atoms with Gasteiger partial charge in [0, 0.05) is 5.92 Å². The molecule has 0 nitrogen and oxygen atoms in total. The summed E-state index contributed by atoms with van der Waals surface area (Å²) in [5.41, 5.74) is 0. The summed E-state index contributed by atoms with van der Waals surface area (Å²) in [5, 5.41) is 0. The van der Waals surface area contributed by atoms with Crippen LogP contribution in [0.2, 0.25) is 0 Å². The fourth-order valence-electron chi connectivity index (χ4n) is 3.51. The molecule has 0 aliphatic heterocycles. The second-order valence-electron chi connectivity index (χ2n) is 5.80.